The lowest BCUT2D eigenvalue weighted by molar-refractivity contribution is 0.0501. The molecular formula is C11H22N2O3. The van der Waals surface area contributed by atoms with E-state index in [1.54, 1.807) is 4.90 Å². The fourth-order valence-corrected chi connectivity index (χ4v) is 1.99. The molecule has 0 aromatic carbocycles. The summed E-state index contributed by atoms with van der Waals surface area (Å²) in [7, 11) is 0. The van der Waals surface area contributed by atoms with Crippen LogP contribution in [0.5, 0.6) is 0 Å². The lowest BCUT2D eigenvalue weighted by Crippen LogP contribution is -2.52. The number of hydrogen-bond acceptors (Lipinski definition) is 4. The number of amides is 1. The van der Waals surface area contributed by atoms with Crippen molar-refractivity contribution in [3.63, 3.8) is 0 Å². The van der Waals surface area contributed by atoms with Gasteiger partial charge in [-0.2, -0.15) is 0 Å². The maximum Gasteiger partial charge on any atom is 0.409 e. The minimum atomic E-state index is -0.223. The van der Waals surface area contributed by atoms with Crippen LogP contribution >= 0.6 is 0 Å². The molecule has 1 heterocycles. The van der Waals surface area contributed by atoms with Gasteiger partial charge in [0.15, 0.2) is 0 Å². The molecule has 94 valence electrons. The molecule has 0 aliphatic carbocycles. The number of piperazine rings is 1. The zero-order chi connectivity index (χ0) is 12.0. The fraction of sp³-hybridized carbons (Fsp3) is 0.909. The average Bonchev–Trinajstić information content (AvgIpc) is 2.32. The van der Waals surface area contributed by atoms with E-state index < -0.39 is 0 Å². The SMILES string of the molecule is CCOC(=O)N1CCN([C@@H](CC)CO)CC1. The number of aliphatic hydroxyl groups excluding tert-OH is 1. The molecule has 1 aliphatic rings. The summed E-state index contributed by atoms with van der Waals surface area (Å²) >= 11 is 0. The van der Waals surface area contributed by atoms with Gasteiger partial charge in [0.05, 0.1) is 13.2 Å². The topological polar surface area (TPSA) is 53.0 Å². The normalized spacial score (nSPS) is 19.6. The smallest absolute Gasteiger partial charge is 0.409 e. The molecule has 0 unspecified atom stereocenters. The zero-order valence-electron chi connectivity index (χ0n) is 10.2. The van der Waals surface area contributed by atoms with E-state index in [4.69, 9.17) is 4.74 Å². The number of hydrogen-bond donors (Lipinski definition) is 1. The van der Waals surface area contributed by atoms with Crippen LogP contribution in [0.1, 0.15) is 20.3 Å². The highest BCUT2D eigenvalue weighted by molar-refractivity contribution is 5.67. The van der Waals surface area contributed by atoms with Crippen LogP contribution in [0.25, 0.3) is 0 Å². The van der Waals surface area contributed by atoms with E-state index >= 15 is 0 Å². The van der Waals surface area contributed by atoms with E-state index in [2.05, 4.69) is 11.8 Å². The predicted molar refractivity (Wildman–Crippen MR) is 61.3 cm³/mol. The van der Waals surface area contributed by atoms with Crippen molar-refractivity contribution in [2.75, 3.05) is 39.4 Å². The minimum Gasteiger partial charge on any atom is -0.450 e. The minimum absolute atomic E-state index is 0.190. The Hall–Kier alpha value is -0.810. The van der Waals surface area contributed by atoms with Gasteiger partial charge in [-0.25, -0.2) is 4.79 Å². The number of carbonyl (C=O) groups excluding carboxylic acids is 1. The van der Waals surface area contributed by atoms with Crippen molar-refractivity contribution in [2.45, 2.75) is 26.3 Å². The Balaban J connectivity index is 2.35. The zero-order valence-corrected chi connectivity index (χ0v) is 10.2. The highest BCUT2D eigenvalue weighted by Gasteiger charge is 2.25. The summed E-state index contributed by atoms with van der Waals surface area (Å²) in [5, 5.41) is 9.19. The van der Waals surface area contributed by atoms with Gasteiger partial charge in [-0.15, -0.1) is 0 Å². The number of carbonyl (C=O) groups is 1. The monoisotopic (exact) mass is 230 g/mol. The Kier molecular flexibility index (Phi) is 5.55. The van der Waals surface area contributed by atoms with Crippen LogP contribution in [-0.2, 0) is 4.74 Å². The molecule has 0 radical (unpaired) electrons. The van der Waals surface area contributed by atoms with Gasteiger partial charge in [0, 0.05) is 32.2 Å². The predicted octanol–water partition coefficient (Wildman–Crippen LogP) is 0.531. The molecule has 1 aliphatic heterocycles. The third-order valence-electron chi connectivity index (χ3n) is 3.04. The fourth-order valence-electron chi connectivity index (χ4n) is 1.99. The van der Waals surface area contributed by atoms with Crippen molar-refractivity contribution in [3.05, 3.63) is 0 Å². The highest BCUT2D eigenvalue weighted by Crippen LogP contribution is 2.09. The Labute approximate surface area is 97.0 Å². The molecule has 1 fully saturated rings. The van der Waals surface area contributed by atoms with Gasteiger partial charge in [-0.1, -0.05) is 6.92 Å². The Morgan fingerprint density at radius 1 is 1.31 bits per heavy atom. The number of rotatable bonds is 4. The van der Waals surface area contributed by atoms with Crippen molar-refractivity contribution < 1.29 is 14.6 Å². The van der Waals surface area contributed by atoms with Gasteiger partial charge in [0.25, 0.3) is 0 Å². The van der Waals surface area contributed by atoms with E-state index in [1.165, 1.54) is 0 Å². The lowest BCUT2D eigenvalue weighted by Gasteiger charge is -2.37. The molecule has 1 atom stereocenters. The highest BCUT2D eigenvalue weighted by atomic mass is 16.6. The van der Waals surface area contributed by atoms with E-state index in [-0.39, 0.29) is 18.7 Å². The van der Waals surface area contributed by atoms with E-state index in [1.807, 2.05) is 6.92 Å². The van der Waals surface area contributed by atoms with Gasteiger partial charge in [-0.3, -0.25) is 4.90 Å². The van der Waals surface area contributed by atoms with Crippen LogP contribution in [0, 0.1) is 0 Å². The standard InChI is InChI=1S/C11H22N2O3/c1-3-10(9-14)12-5-7-13(8-6-12)11(15)16-4-2/h10,14H,3-9H2,1-2H3/t10-/m0/s1. The average molecular weight is 230 g/mol. The molecule has 1 amide bonds. The molecule has 0 spiro atoms. The maximum atomic E-state index is 11.4. The Morgan fingerprint density at radius 2 is 1.94 bits per heavy atom. The molecule has 16 heavy (non-hydrogen) atoms. The lowest BCUT2D eigenvalue weighted by atomic mass is 10.2. The summed E-state index contributed by atoms with van der Waals surface area (Å²) in [6.07, 6.45) is 0.717. The van der Waals surface area contributed by atoms with E-state index in [0.29, 0.717) is 19.7 Å². The molecule has 5 heteroatoms. The molecule has 1 saturated heterocycles. The van der Waals surface area contributed by atoms with Gasteiger partial charge in [-0.05, 0) is 13.3 Å². The van der Waals surface area contributed by atoms with Crippen LogP contribution in [0.4, 0.5) is 4.79 Å². The second-order valence-electron chi connectivity index (χ2n) is 3.97. The quantitative estimate of drug-likeness (QED) is 0.765. The second kappa shape index (κ2) is 6.70. The van der Waals surface area contributed by atoms with Crippen molar-refractivity contribution in [2.24, 2.45) is 0 Å². The number of aliphatic hydroxyl groups is 1. The van der Waals surface area contributed by atoms with E-state index in [9.17, 15) is 9.90 Å². The first-order valence-electron chi connectivity index (χ1n) is 5.99. The Bertz CT molecular complexity index is 211. The molecule has 0 bridgehead atoms. The number of nitrogens with zero attached hydrogens (tertiary/aromatic N) is 2. The third-order valence-corrected chi connectivity index (χ3v) is 3.04. The molecule has 0 saturated carbocycles. The summed E-state index contributed by atoms with van der Waals surface area (Å²) in [4.78, 5) is 15.4. The van der Waals surface area contributed by atoms with Crippen molar-refractivity contribution in [1.82, 2.24) is 9.80 Å². The molecule has 1 N–H and O–H groups in total. The van der Waals surface area contributed by atoms with Crippen LogP contribution in [0.2, 0.25) is 0 Å². The van der Waals surface area contributed by atoms with Gasteiger partial charge in [0.1, 0.15) is 0 Å². The Morgan fingerprint density at radius 3 is 2.38 bits per heavy atom. The summed E-state index contributed by atoms with van der Waals surface area (Å²) in [5.74, 6) is 0. The van der Waals surface area contributed by atoms with E-state index in [0.717, 1.165) is 19.5 Å². The first-order valence-corrected chi connectivity index (χ1v) is 5.99. The summed E-state index contributed by atoms with van der Waals surface area (Å²) in [6.45, 7) is 7.51. The van der Waals surface area contributed by atoms with Gasteiger partial charge < -0.3 is 14.7 Å². The van der Waals surface area contributed by atoms with Gasteiger partial charge >= 0.3 is 6.09 Å². The molecule has 0 aromatic rings. The summed E-state index contributed by atoms with van der Waals surface area (Å²) in [6, 6.07) is 0.226. The summed E-state index contributed by atoms with van der Waals surface area (Å²) < 4.78 is 4.95. The van der Waals surface area contributed by atoms with Crippen LogP contribution in [-0.4, -0.2) is 66.4 Å². The molecular weight excluding hydrogens is 208 g/mol. The second-order valence-corrected chi connectivity index (χ2v) is 3.97. The summed E-state index contributed by atoms with van der Waals surface area (Å²) in [5.41, 5.74) is 0. The van der Waals surface area contributed by atoms with Crippen LogP contribution < -0.4 is 0 Å². The van der Waals surface area contributed by atoms with Crippen molar-refractivity contribution >= 4 is 6.09 Å². The van der Waals surface area contributed by atoms with Gasteiger partial charge in [0.2, 0.25) is 0 Å². The maximum absolute atomic E-state index is 11.4. The third kappa shape index (κ3) is 3.35. The molecule has 5 nitrogen and oxygen atoms in total. The van der Waals surface area contributed by atoms with Crippen molar-refractivity contribution in [1.29, 1.82) is 0 Å². The van der Waals surface area contributed by atoms with Crippen LogP contribution in [0.15, 0.2) is 0 Å². The largest absolute Gasteiger partial charge is 0.450 e. The molecule has 0 aromatic heterocycles. The van der Waals surface area contributed by atoms with Crippen LogP contribution in [0.3, 0.4) is 0 Å². The number of ether oxygens (including phenoxy) is 1. The first kappa shape index (κ1) is 13.3. The first-order chi connectivity index (χ1) is 7.72. The van der Waals surface area contributed by atoms with Crippen molar-refractivity contribution in [3.8, 4) is 0 Å². The molecule has 1 rings (SSSR count).